The summed E-state index contributed by atoms with van der Waals surface area (Å²) < 4.78 is 52.0. The van der Waals surface area contributed by atoms with Crippen LogP contribution < -0.4 is 10.6 Å². The molecule has 22 heavy (non-hydrogen) atoms. The van der Waals surface area contributed by atoms with Crippen molar-refractivity contribution in [3.8, 4) is 0 Å². The third kappa shape index (κ3) is 3.88. The van der Waals surface area contributed by atoms with Crippen molar-refractivity contribution in [2.24, 2.45) is 0 Å². The van der Waals surface area contributed by atoms with Crippen LogP contribution in [0.5, 0.6) is 0 Å². The van der Waals surface area contributed by atoms with Crippen molar-refractivity contribution in [1.82, 2.24) is 0 Å². The van der Waals surface area contributed by atoms with E-state index < -0.39 is 29.3 Å². The van der Waals surface area contributed by atoms with Gasteiger partial charge in [-0.05, 0) is 30.3 Å². The van der Waals surface area contributed by atoms with Crippen molar-refractivity contribution >= 4 is 29.0 Å². The molecular weight excluding hydrogens is 324 g/mol. The number of alkyl halides is 3. The number of hydrogen-bond acceptors (Lipinski definition) is 1. The zero-order valence-corrected chi connectivity index (χ0v) is 11.6. The second-order valence-electron chi connectivity index (χ2n) is 4.25. The SMILES string of the molecule is O=C(Nc1ccccc1F)Nc1ccc(Cl)cc1C(F)(F)F. The average molecular weight is 333 g/mol. The molecule has 0 radical (unpaired) electrons. The van der Waals surface area contributed by atoms with E-state index >= 15 is 0 Å². The van der Waals surface area contributed by atoms with Gasteiger partial charge >= 0.3 is 12.2 Å². The maximum absolute atomic E-state index is 13.4. The lowest BCUT2D eigenvalue weighted by atomic mass is 10.1. The second-order valence-corrected chi connectivity index (χ2v) is 4.68. The summed E-state index contributed by atoms with van der Waals surface area (Å²) in [6.45, 7) is 0. The van der Waals surface area contributed by atoms with Gasteiger partial charge in [0.2, 0.25) is 0 Å². The fraction of sp³-hybridized carbons (Fsp3) is 0.0714. The molecule has 3 nitrogen and oxygen atoms in total. The molecule has 2 N–H and O–H groups in total. The highest BCUT2D eigenvalue weighted by atomic mass is 35.5. The second kappa shape index (κ2) is 6.23. The van der Waals surface area contributed by atoms with E-state index in [9.17, 15) is 22.4 Å². The third-order valence-electron chi connectivity index (χ3n) is 2.66. The molecule has 0 heterocycles. The Morgan fingerprint density at radius 1 is 1.00 bits per heavy atom. The quantitative estimate of drug-likeness (QED) is 0.734. The van der Waals surface area contributed by atoms with Gasteiger partial charge < -0.3 is 10.6 Å². The Labute approximate surface area is 127 Å². The number of hydrogen-bond donors (Lipinski definition) is 2. The molecule has 2 aromatic carbocycles. The lowest BCUT2D eigenvalue weighted by Gasteiger charge is -2.14. The molecule has 0 saturated carbocycles. The summed E-state index contributed by atoms with van der Waals surface area (Å²) in [6, 6.07) is 7.20. The first-order chi connectivity index (χ1) is 10.3. The zero-order valence-electron chi connectivity index (χ0n) is 10.8. The lowest BCUT2D eigenvalue weighted by Crippen LogP contribution is -2.22. The standard InChI is InChI=1S/C14H9ClF4N2O/c15-8-5-6-11(9(7-8)14(17,18)19)20-13(22)21-12-4-2-1-3-10(12)16/h1-7H,(H2,20,21,22). The predicted octanol–water partition coefficient (Wildman–Crippen LogP) is 5.14. The number of carbonyl (C=O) groups is 1. The summed E-state index contributed by atoms with van der Waals surface area (Å²) in [7, 11) is 0. The molecule has 0 atom stereocenters. The molecule has 116 valence electrons. The fourth-order valence-electron chi connectivity index (χ4n) is 1.70. The molecule has 0 fully saturated rings. The highest BCUT2D eigenvalue weighted by molar-refractivity contribution is 6.30. The molecule has 2 amide bonds. The fourth-order valence-corrected chi connectivity index (χ4v) is 1.87. The lowest BCUT2D eigenvalue weighted by molar-refractivity contribution is -0.136. The van der Waals surface area contributed by atoms with Gasteiger partial charge in [-0.15, -0.1) is 0 Å². The number of anilines is 2. The smallest absolute Gasteiger partial charge is 0.307 e. The van der Waals surface area contributed by atoms with Crippen LogP contribution in [0.2, 0.25) is 5.02 Å². The highest BCUT2D eigenvalue weighted by Gasteiger charge is 2.34. The van der Waals surface area contributed by atoms with Gasteiger partial charge in [0.25, 0.3) is 0 Å². The first-order valence-electron chi connectivity index (χ1n) is 5.96. The number of para-hydroxylation sites is 1. The predicted molar refractivity (Wildman–Crippen MR) is 75.5 cm³/mol. The monoisotopic (exact) mass is 332 g/mol. The number of urea groups is 1. The van der Waals surface area contributed by atoms with Crippen molar-refractivity contribution in [2.45, 2.75) is 6.18 Å². The number of carbonyl (C=O) groups excluding carboxylic acids is 1. The van der Waals surface area contributed by atoms with Gasteiger partial charge in [-0.1, -0.05) is 23.7 Å². The van der Waals surface area contributed by atoms with Gasteiger partial charge in [-0.3, -0.25) is 0 Å². The summed E-state index contributed by atoms with van der Waals surface area (Å²) in [5.41, 5.74) is -1.73. The molecule has 2 aromatic rings. The number of halogens is 5. The first kappa shape index (κ1) is 16.1. The Hall–Kier alpha value is -2.28. The molecule has 0 spiro atoms. The Balaban J connectivity index is 2.21. The first-order valence-corrected chi connectivity index (χ1v) is 6.34. The van der Waals surface area contributed by atoms with Gasteiger partial charge in [-0.2, -0.15) is 13.2 Å². The van der Waals surface area contributed by atoms with Gasteiger partial charge in [0.05, 0.1) is 16.9 Å². The normalized spacial score (nSPS) is 11.1. The summed E-state index contributed by atoms with van der Waals surface area (Å²) in [5, 5.41) is 4.03. The van der Waals surface area contributed by atoms with Crippen LogP contribution in [0, 0.1) is 5.82 Å². The van der Waals surface area contributed by atoms with E-state index in [1.54, 1.807) is 0 Å². The van der Waals surface area contributed by atoms with Crippen molar-refractivity contribution < 1.29 is 22.4 Å². The van der Waals surface area contributed by atoms with E-state index in [1.807, 2.05) is 5.32 Å². The maximum atomic E-state index is 13.4. The van der Waals surface area contributed by atoms with E-state index in [0.29, 0.717) is 6.07 Å². The number of amides is 2. The van der Waals surface area contributed by atoms with Crippen molar-refractivity contribution in [3.63, 3.8) is 0 Å². The number of rotatable bonds is 2. The van der Waals surface area contributed by atoms with Crippen LogP contribution >= 0.6 is 11.6 Å². The van der Waals surface area contributed by atoms with E-state index in [1.165, 1.54) is 24.3 Å². The van der Waals surface area contributed by atoms with Crippen LogP contribution in [0.25, 0.3) is 0 Å². The summed E-state index contributed by atoms with van der Waals surface area (Å²) in [5.74, 6) is -0.704. The molecule has 0 bridgehead atoms. The van der Waals surface area contributed by atoms with Crippen molar-refractivity contribution in [3.05, 3.63) is 58.9 Å². The molecule has 0 saturated heterocycles. The maximum Gasteiger partial charge on any atom is 0.418 e. The largest absolute Gasteiger partial charge is 0.418 e. The van der Waals surface area contributed by atoms with Gasteiger partial charge in [-0.25, -0.2) is 9.18 Å². The number of benzene rings is 2. The van der Waals surface area contributed by atoms with Crippen molar-refractivity contribution in [1.29, 1.82) is 0 Å². The molecule has 0 aliphatic rings. The van der Waals surface area contributed by atoms with Crippen LogP contribution in [0.4, 0.5) is 33.7 Å². The van der Waals surface area contributed by atoms with Crippen LogP contribution in [0.1, 0.15) is 5.56 Å². The van der Waals surface area contributed by atoms with Gasteiger partial charge in [0, 0.05) is 5.02 Å². The van der Waals surface area contributed by atoms with E-state index in [4.69, 9.17) is 11.6 Å². The molecule has 8 heteroatoms. The summed E-state index contributed by atoms with van der Waals surface area (Å²) in [4.78, 5) is 11.7. The minimum atomic E-state index is -4.69. The molecule has 0 aromatic heterocycles. The Morgan fingerprint density at radius 2 is 1.64 bits per heavy atom. The Kier molecular flexibility index (Phi) is 4.56. The van der Waals surface area contributed by atoms with Crippen molar-refractivity contribution in [2.75, 3.05) is 10.6 Å². The third-order valence-corrected chi connectivity index (χ3v) is 2.89. The molecule has 0 aliphatic heterocycles. The Morgan fingerprint density at radius 3 is 2.27 bits per heavy atom. The van der Waals surface area contributed by atoms with Crippen LogP contribution in [-0.2, 0) is 6.18 Å². The average Bonchev–Trinajstić information content (AvgIpc) is 2.42. The molecule has 2 rings (SSSR count). The molecule has 0 unspecified atom stereocenters. The minimum absolute atomic E-state index is 0.118. The topological polar surface area (TPSA) is 41.1 Å². The van der Waals surface area contributed by atoms with E-state index in [-0.39, 0.29) is 10.7 Å². The number of nitrogens with one attached hydrogen (secondary N) is 2. The van der Waals surface area contributed by atoms with Crippen LogP contribution in [0.15, 0.2) is 42.5 Å². The van der Waals surface area contributed by atoms with Crippen LogP contribution in [-0.4, -0.2) is 6.03 Å². The zero-order chi connectivity index (χ0) is 16.3. The summed E-state index contributed by atoms with van der Waals surface area (Å²) >= 11 is 5.53. The highest BCUT2D eigenvalue weighted by Crippen LogP contribution is 2.36. The van der Waals surface area contributed by atoms with E-state index in [0.717, 1.165) is 12.1 Å². The molecular formula is C14H9ClF4N2O. The van der Waals surface area contributed by atoms with Crippen LogP contribution in [0.3, 0.4) is 0 Å². The molecule has 0 aliphatic carbocycles. The van der Waals surface area contributed by atoms with E-state index in [2.05, 4.69) is 5.32 Å². The Bertz CT molecular complexity index is 703. The van der Waals surface area contributed by atoms with Gasteiger partial charge in [0.1, 0.15) is 5.82 Å². The summed E-state index contributed by atoms with van der Waals surface area (Å²) in [6.07, 6.45) is -4.69. The minimum Gasteiger partial charge on any atom is -0.307 e. The van der Waals surface area contributed by atoms with Gasteiger partial charge in [0.15, 0.2) is 0 Å².